The van der Waals surface area contributed by atoms with Gasteiger partial charge < -0.3 is 0 Å². The first-order chi connectivity index (χ1) is 6.01. The molecule has 1 heterocycles. The van der Waals surface area contributed by atoms with Gasteiger partial charge in [-0.05, 0) is 23.8 Å². The van der Waals surface area contributed by atoms with Gasteiger partial charge in [-0.1, -0.05) is 27.7 Å². The van der Waals surface area contributed by atoms with E-state index >= 15 is 0 Å². The van der Waals surface area contributed by atoms with Crippen LogP contribution in [0, 0.1) is 0 Å². The molecule has 0 saturated carbocycles. The second-order valence-electron chi connectivity index (χ2n) is 4.25. The highest BCUT2D eigenvalue weighted by atomic mass is 15.3. The summed E-state index contributed by atoms with van der Waals surface area (Å²) in [5, 5.41) is 4.46. The Morgan fingerprint density at radius 1 is 1.38 bits per heavy atom. The van der Waals surface area contributed by atoms with E-state index in [0.717, 1.165) is 12.8 Å². The number of rotatable bonds is 3. The number of aryl methyl sites for hydroxylation is 2. The third kappa shape index (κ3) is 1.93. The van der Waals surface area contributed by atoms with Crippen molar-refractivity contribution in [2.45, 2.75) is 46.0 Å². The van der Waals surface area contributed by atoms with Crippen LogP contribution < -0.4 is 0 Å². The maximum absolute atomic E-state index is 4.46. The van der Waals surface area contributed by atoms with Crippen LogP contribution in [0.4, 0.5) is 0 Å². The highest BCUT2D eigenvalue weighted by molar-refractivity contribution is 5.25. The Balaban J connectivity index is 3.12. The Morgan fingerprint density at radius 2 is 2.00 bits per heavy atom. The Bertz CT molecular complexity index is 284. The molecule has 0 saturated heterocycles. The van der Waals surface area contributed by atoms with Gasteiger partial charge in [0.15, 0.2) is 0 Å². The van der Waals surface area contributed by atoms with E-state index in [0.29, 0.717) is 0 Å². The topological polar surface area (TPSA) is 17.8 Å². The zero-order chi connectivity index (χ0) is 10.1. The standard InChI is InChI=1S/C11H20N2/c1-6-10-9(8-13(5)12-10)11(3,4)7-2/h8H,6-7H2,1-5H3. The predicted molar refractivity (Wildman–Crippen MR) is 55.9 cm³/mol. The van der Waals surface area contributed by atoms with Crippen molar-refractivity contribution in [3.8, 4) is 0 Å². The molecule has 0 aromatic carbocycles. The van der Waals surface area contributed by atoms with Gasteiger partial charge >= 0.3 is 0 Å². The molecule has 0 unspecified atom stereocenters. The minimum Gasteiger partial charge on any atom is -0.275 e. The fourth-order valence-corrected chi connectivity index (χ4v) is 1.55. The molecule has 74 valence electrons. The summed E-state index contributed by atoms with van der Waals surface area (Å²) in [5.74, 6) is 0. The summed E-state index contributed by atoms with van der Waals surface area (Å²) in [5.41, 5.74) is 2.91. The molecule has 1 aromatic heterocycles. The molecule has 1 aromatic rings. The lowest BCUT2D eigenvalue weighted by atomic mass is 9.82. The maximum Gasteiger partial charge on any atom is 0.0659 e. The first kappa shape index (κ1) is 10.3. The van der Waals surface area contributed by atoms with E-state index in [1.54, 1.807) is 0 Å². The van der Waals surface area contributed by atoms with E-state index in [4.69, 9.17) is 0 Å². The Morgan fingerprint density at radius 3 is 2.46 bits per heavy atom. The molecule has 1 rings (SSSR count). The van der Waals surface area contributed by atoms with Crippen LogP contribution in [0.3, 0.4) is 0 Å². The fraction of sp³-hybridized carbons (Fsp3) is 0.727. The van der Waals surface area contributed by atoms with Gasteiger partial charge in [0.25, 0.3) is 0 Å². The summed E-state index contributed by atoms with van der Waals surface area (Å²) in [6.07, 6.45) is 4.34. The van der Waals surface area contributed by atoms with Gasteiger partial charge in [-0.25, -0.2) is 0 Å². The molecule has 0 spiro atoms. The van der Waals surface area contributed by atoms with Crippen molar-refractivity contribution in [1.82, 2.24) is 9.78 Å². The smallest absolute Gasteiger partial charge is 0.0659 e. The quantitative estimate of drug-likeness (QED) is 0.699. The molecule has 0 amide bonds. The fourth-order valence-electron chi connectivity index (χ4n) is 1.55. The van der Waals surface area contributed by atoms with Crippen molar-refractivity contribution in [2.24, 2.45) is 7.05 Å². The molecule has 0 bridgehead atoms. The number of hydrogen-bond donors (Lipinski definition) is 0. The molecular weight excluding hydrogens is 160 g/mol. The maximum atomic E-state index is 4.46. The lowest BCUT2D eigenvalue weighted by Crippen LogP contribution is -2.16. The van der Waals surface area contributed by atoms with E-state index < -0.39 is 0 Å². The Labute approximate surface area is 81.0 Å². The van der Waals surface area contributed by atoms with Crippen LogP contribution in [0.5, 0.6) is 0 Å². The highest BCUT2D eigenvalue weighted by Gasteiger charge is 2.23. The van der Waals surface area contributed by atoms with Gasteiger partial charge in [0.1, 0.15) is 0 Å². The predicted octanol–water partition coefficient (Wildman–Crippen LogP) is 2.67. The van der Waals surface area contributed by atoms with Crippen LogP contribution in [0.25, 0.3) is 0 Å². The molecule has 0 aliphatic heterocycles. The second kappa shape index (κ2) is 3.52. The van der Waals surface area contributed by atoms with Gasteiger partial charge in [0.2, 0.25) is 0 Å². The summed E-state index contributed by atoms with van der Waals surface area (Å²) in [6.45, 7) is 8.95. The molecule has 0 radical (unpaired) electrons. The number of nitrogens with zero attached hydrogens (tertiary/aromatic N) is 2. The van der Waals surface area contributed by atoms with Crippen molar-refractivity contribution < 1.29 is 0 Å². The molecule has 2 heteroatoms. The molecule has 2 nitrogen and oxygen atoms in total. The first-order valence-corrected chi connectivity index (χ1v) is 5.04. The number of hydrogen-bond acceptors (Lipinski definition) is 1. The minimum atomic E-state index is 0.263. The third-order valence-electron chi connectivity index (χ3n) is 2.85. The van der Waals surface area contributed by atoms with E-state index in [9.17, 15) is 0 Å². The molecule has 0 N–H and O–H groups in total. The largest absolute Gasteiger partial charge is 0.275 e. The van der Waals surface area contributed by atoms with Crippen molar-refractivity contribution in [3.05, 3.63) is 17.5 Å². The SMILES string of the molecule is CCc1nn(C)cc1C(C)(C)CC. The van der Waals surface area contributed by atoms with Crippen LogP contribution in [0.1, 0.15) is 45.4 Å². The molecule has 0 aliphatic carbocycles. The Kier molecular flexibility index (Phi) is 2.79. The number of aromatic nitrogens is 2. The van der Waals surface area contributed by atoms with Gasteiger partial charge in [-0.15, -0.1) is 0 Å². The summed E-state index contributed by atoms with van der Waals surface area (Å²) >= 11 is 0. The van der Waals surface area contributed by atoms with E-state index in [1.165, 1.54) is 11.3 Å². The van der Waals surface area contributed by atoms with Gasteiger partial charge in [0.05, 0.1) is 5.69 Å². The zero-order valence-electron chi connectivity index (χ0n) is 9.39. The van der Waals surface area contributed by atoms with E-state index in [1.807, 2.05) is 11.7 Å². The van der Waals surface area contributed by atoms with Crippen LogP contribution in [0.15, 0.2) is 6.20 Å². The average molecular weight is 180 g/mol. The highest BCUT2D eigenvalue weighted by Crippen LogP contribution is 2.28. The van der Waals surface area contributed by atoms with Crippen LogP contribution in [-0.4, -0.2) is 9.78 Å². The molecule has 0 fully saturated rings. The summed E-state index contributed by atoms with van der Waals surface area (Å²) in [7, 11) is 1.99. The van der Waals surface area contributed by atoms with Gasteiger partial charge in [-0.3, -0.25) is 4.68 Å². The summed E-state index contributed by atoms with van der Waals surface area (Å²) in [6, 6.07) is 0. The van der Waals surface area contributed by atoms with Crippen LogP contribution in [0.2, 0.25) is 0 Å². The van der Waals surface area contributed by atoms with Crippen molar-refractivity contribution >= 4 is 0 Å². The summed E-state index contributed by atoms with van der Waals surface area (Å²) in [4.78, 5) is 0. The van der Waals surface area contributed by atoms with Gasteiger partial charge in [-0.2, -0.15) is 5.10 Å². The monoisotopic (exact) mass is 180 g/mol. The van der Waals surface area contributed by atoms with Crippen LogP contribution >= 0.6 is 0 Å². The lowest BCUT2D eigenvalue weighted by Gasteiger charge is -2.22. The van der Waals surface area contributed by atoms with Gasteiger partial charge in [0, 0.05) is 13.2 Å². The van der Waals surface area contributed by atoms with Crippen molar-refractivity contribution in [3.63, 3.8) is 0 Å². The van der Waals surface area contributed by atoms with Crippen molar-refractivity contribution in [2.75, 3.05) is 0 Å². The summed E-state index contributed by atoms with van der Waals surface area (Å²) < 4.78 is 1.92. The van der Waals surface area contributed by atoms with Crippen molar-refractivity contribution in [1.29, 1.82) is 0 Å². The zero-order valence-corrected chi connectivity index (χ0v) is 9.39. The average Bonchev–Trinajstić information content (AvgIpc) is 2.47. The molecular formula is C11H20N2. The molecule has 0 aliphatic rings. The Hall–Kier alpha value is -0.790. The van der Waals surface area contributed by atoms with Crippen LogP contribution in [-0.2, 0) is 18.9 Å². The first-order valence-electron chi connectivity index (χ1n) is 5.04. The lowest BCUT2D eigenvalue weighted by molar-refractivity contribution is 0.501. The van der Waals surface area contributed by atoms with E-state index in [2.05, 4.69) is 39.0 Å². The van der Waals surface area contributed by atoms with E-state index in [-0.39, 0.29) is 5.41 Å². The minimum absolute atomic E-state index is 0.263. The molecule has 0 atom stereocenters. The second-order valence-corrected chi connectivity index (χ2v) is 4.25. The normalized spacial score (nSPS) is 12.1. The molecule has 13 heavy (non-hydrogen) atoms. The third-order valence-corrected chi connectivity index (χ3v) is 2.85.